The SMILES string of the molecule is CCCC1CNCCN1CCOc1ccc(OC)cc1. The third kappa shape index (κ3) is 4.39. The molecular formula is C16H26N2O2. The highest BCUT2D eigenvalue weighted by Crippen LogP contribution is 2.17. The van der Waals surface area contributed by atoms with Gasteiger partial charge in [-0.15, -0.1) is 0 Å². The van der Waals surface area contributed by atoms with Crippen molar-refractivity contribution >= 4 is 0 Å². The van der Waals surface area contributed by atoms with E-state index in [9.17, 15) is 0 Å². The second-order valence-electron chi connectivity index (χ2n) is 5.21. The normalized spacial score (nSPS) is 19.8. The second-order valence-corrected chi connectivity index (χ2v) is 5.21. The van der Waals surface area contributed by atoms with Crippen molar-refractivity contribution in [3.05, 3.63) is 24.3 Å². The van der Waals surface area contributed by atoms with Crippen LogP contribution in [0.3, 0.4) is 0 Å². The first-order chi connectivity index (χ1) is 9.83. The summed E-state index contributed by atoms with van der Waals surface area (Å²) in [4.78, 5) is 2.55. The van der Waals surface area contributed by atoms with E-state index in [4.69, 9.17) is 9.47 Å². The molecule has 20 heavy (non-hydrogen) atoms. The Morgan fingerprint density at radius 3 is 2.70 bits per heavy atom. The topological polar surface area (TPSA) is 33.7 Å². The first kappa shape index (κ1) is 15.1. The van der Waals surface area contributed by atoms with Crippen LogP contribution in [0.15, 0.2) is 24.3 Å². The highest BCUT2D eigenvalue weighted by atomic mass is 16.5. The Kier molecular flexibility index (Phi) is 6.15. The molecule has 0 aromatic heterocycles. The van der Waals surface area contributed by atoms with Gasteiger partial charge < -0.3 is 14.8 Å². The highest BCUT2D eigenvalue weighted by Gasteiger charge is 2.20. The minimum absolute atomic E-state index is 0.660. The molecule has 1 aromatic carbocycles. The molecule has 1 unspecified atom stereocenters. The van der Waals surface area contributed by atoms with Gasteiger partial charge in [0.25, 0.3) is 0 Å². The molecule has 4 nitrogen and oxygen atoms in total. The van der Waals surface area contributed by atoms with Crippen molar-refractivity contribution in [3.63, 3.8) is 0 Å². The maximum Gasteiger partial charge on any atom is 0.119 e. The number of benzene rings is 1. The fourth-order valence-corrected chi connectivity index (χ4v) is 2.67. The largest absolute Gasteiger partial charge is 0.497 e. The molecule has 1 aromatic rings. The molecule has 0 bridgehead atoms. The smallest absolute Gasteiger partial charge is 0.119 e. The van der Waals surface area contributed by atoms with Crippen molar-refractivity contribution in [3.8, 4) is 11.5 Å². The Hall–Kier alpha value is -1.26. The van der Waals surface area contributed by atoms with Crippen LogP contribution in [0.2, 0.25) is 0 Å². The van der Waals surface area contributed by atoms with Crippen LogP contribution in [-0.4, -0.2) is 50.8 Å². The van der Waals surface area contributed by atoms with E-state index in [1.807, 2.05) is 24.3 Å². The van der Waals surface area contributed by atoms with Crippen LogP contribution in [0.1, 0.15) is 19.8 Å². The van der Waals surface area contributed by atoms with E-state index < -0.39 is 0 Å². The van der Waals surface area contributed by atoms with Crippen LogP contribution in [0.25, 0.3) is 0 Å². The molecular weight excluding hydrogens is 252 g/mol. The van der Waals surface area contributed by atoms with Crippen LogP contribution < -0.4 is 14.8 Å². The molecule has 0 aliphatic carbocycles. The van der Waals surface area contributed by atoms with Gasteiger partial charge in [-0.05, 0) is 30.7 Å². The molecule has 4 heteroatoms. The molecule has 1 fully saturated rings. The van der Waals surface area contributed by atoms with Gasteiger partial charge in [-0.25, -0.2) is 0 Å². The van der Waals surface area contributed by atoms with Gasteiger partial charge in [-0.1, -0.05) is 13.3 Å². The summed E-state index contributed by atoms with van der Waals surface area (Å²) in [5.74, 6) is 1.77. The number of hydrogen-bond donors (Lipinski definition) is 1. The molecule has 0 amide bonds. The zero-order valence-corrected chi connectivity index (χ0v) is 12.6. The van der Waals surface area contributed by atoms with Crippen molar-refractivity contribution in [2.24, 2.45) is 0 Å². The van der Waals surface area contributed by atoms with Crippen molar-refractivity contribution < 1.29 is 9.47 Å². The van der Waals surface area contributed by atoms with E-state index in [1.165, 1.54) is 12.8 Å². The number of ether oxygens (including phenoxy) is 2. The number of rotatable bonds is 7. The van der Waals surface area contributed by atoms with Crippen LogP contribution >= 0.6 is 0 Å². The Morgan fingerprint density at radius 2 is 2.00 bits per heavy atom. The van der Waals surface area contributed by atoms with Gasteiger partial charge >= 0.3 is 0 Å². The Bertz CT molecular complexity index is 379. The molecule has 112 valence electrons. The molecule has 1 atom stereocenters. The molecule has 1 aliphatic heterocycles. The Labute approximate surface area is 122 Å². The summed E-state index contributed by atoms with van der Waals surface area (Å²) < 4.78 is 11.0. The van der Waals surface area contributed by atoms with Gasteiger partial charge in [0, 0.05) is 32.2 Å². The summed E-state index contributed by atoms with van der Waals surface area (Å²) in [5, 5.41) is 3.47. The van der Waals surface area contributed by atoms with Crippen LogP contribution in [0, 0.1) is 0 Å². The summed E-state index contributed by atoms with van der Waals surface area (Å²) in [6, 6.07) is 8.44. The van der Waals surface area contributed by atoms with E-state index >= 15 is 0 Å². The van der Waals surface area contributed by atoms with Gasteiger partial charge in [-0.3, -0.25) is 4.90 Å². The highest BCUT2D eigenvalue weighted by molar-refractivity contribution is 5.31. The Morgan fingerprint density at radius 1 is 1.25 bits per heavy atom. The average molecular weight is 278 g/mol. The van der Waals surface area contributed by atoms with Gasteiger partial charge in [0.2, 0.25) is 0 Å². The van der Waals surface area contributed by atoms with Gasteiger partial charge in [0.1, 0.15) is 18.1 Å². The lowest BCUT2D eigenvalue weighted by atomic mass is 10.1. The van der Waals surface area contributed by atoms with Crippen LogP contribution in [0.4, 0.5) is 0 Å². The van der Waals surface area contributed by atoms with Gasteiger partial charge in [0.15, 0.2) is 0 Å². The lowest BCUT2D eigenvalue weighted by Crippen LogP contribution is -2.52. The predicted octanol–water partition coefficient (Wildman–Crippen LogP) is 2.15. The first-order valence-corrected chi connectivity index (χ1v) is 7.55. The number of piperazine rings is 1. The molecule has 2 rings (SSSR count). The van der Waals surface area contributed by atoms with E-state index in [0.717, 1.165) is 44.3 Å². The van der Waals surface area contributed by atoms with E-state index in [-0.39, 0.29) is 0 Å². The average Bonchev–Trinajstić information content (AvgIpc) is 2.50. The van der Waals surface area contributed by atoms with Crippen molar-refractivity contribution in [2.45, 2.75) is 25.8 Å². The lowest BCUT2D eigenvalue weighted by Gasteiger charge is -2.36. The summed E-state index contributed by atoms with van der Waals surface area (Å²) >= 11 is 0. The molecule has 1 N–H and O–H groups in total. The minimum atomic E-state index is 0.660. The summed E-state index contributed by atoms with van der Waals surface area (Å²) in [6.45, 7) is 7.31. The molecule has 1 heterocycles. The van der Waals surface area contributed by atoms with E-state index in [0.29, 0.717) is 6.04 Å². The quantitative estimate of drug-likeness (QED) is 0.828. The molecule has 0 radical (unpaired) electrons. The zero-order chi connectivity index (χ0) is 14.2. The lowest BCUT2D eigenvalue weighted by molar-refractivity contribution is 0.127. The summed E-state index contributed by atoms with van der Waals surface area (Å²) in [6.07, 6.45) is 2.50. The zero-order valence-electron chi connectivity index (χ0n) is 12.6. The van der Waals surface area contributed by atoms with Gasteiger partial charge in [0.05, 0.1) is 7.11 Å². The number of nitrogens with zero attached hydrogens (tertiary/aromatic N) is 1. The number of hydrogen-bond acceptors (Lipinski definition) is 4. The fourth-order valence-electron chi connectivity index (χ4n) is 2.67. The van der Waals surface area contributed by atoms with Crippen molar-refractivity contribution in [1.82, 2.24) is 10.2 Å². The van der Waals surface area contributed by atoms with E-state index in [2.05, 4.69) is 17.1 Å². The van der Waals surface area contributed by atoms with Crippen LogP contribution in [-0.2, 0) is 0 Å². The van der Waals surface area contributed by atoms with Gasteiger partial charge in [-0.2, -0.15) is 0 Å². The third-order valence-electron chi connectivity index (χ3n) is 3.80. The summed E-state index contributed by atoms with van der Waals surface area (Å²) in [7, 11) is 1.67. The first-order valence-electron chi connectivity index (χ1n) is 7.55. The fraction of sp³-hybridized carbons (Fsp3) is 0.625. The van der Waals surface area contributed by atoms with Crippen LogP contribution in [0.5, 0.6) is 11.5 Å². The molecule has 0 spiro atoms. The number of methoxy groups -OCH3 is 1. The minimum Gasteiger partial charge on any atom is -0.497 e. The number of nitrogens with one attached hydrogen (secondary N) is 1. The molecule has 0 saturated carbocycles. The summed E-state index contributed by atoms with van der Waals surface area (Å²) in [5.41, 5.74) is 0. The van der Waals surface area contributed by atoms with Crippen molar-refractivity contribution in [2.75, 3.05) is 39.9 Å². The predicted molar refractivity (Wildman–Crippen MR) is 81.6 cm³/mol. The van der Waals surface area contributed by atoms with Crippen molar-refractivity contribution in [1.29, 1.82) is 0 Å². The molecule has 1 aliphatic rings. The van der Waals surface area contributed by atoms with E-state index in [1.54, 1.807) is 7.11 Å². The molecule has 1 saturated heterocycles. The third-order valence-corrected chi connectivity index (χ3v) is 3.80. The second kappa shape index (κ2) is 8.12. The maximum atomic E-state index is 5.82. The standard InChI is InChI=1S/C16H26N2O2/c1-3-4-14-13-17-9-10-18(14)11-12-20-16-7-5-15(19-2)6-8-16/h5-8,14,17H,3-4,9-13H2,1-2H3. The monoisotopic (exact) mass is 278 g/mol. The Balaban J connectivity index is 1.75. The maximum absolute atomic E-state index is 5.82.